The van der Waals surface area contributed by atoms with E-state index in [-0.39, 0.29) is 11.8 Å². The Morgan fingerprint density at radius 2 is 2.12 bits per heavy atom. The van der Waals surface area contributed by atoms with Crippen molar-refractivity contribution in [2.45, 2.75) is 45.1 Å². The van der Waals surface area contributed by atoms with Crippen LogP contribution in [0, 0.1) is 6.92 Å². The lowest BCUT2D eigenvalue weighted by atomic mass is 9.95. The minimum absolute atomic E-state index is 0.0739. The predicted octanol–water partition coefficient (Wildman–Crippen LogP) is 3.00. The molecule has 2 aromatic heterocycles. The first-order chi connectivity index (χ1) is 12.1. The van der Waals surface area contributed by atoms with Gasteiger partial charge in [0.1, 0.15) is 11.6 Å². The smallest absolute Gasteiger partial charge is 0.254 e. The van der Waals surface area contributed by atoms with E-state index < -0.39 is 0 Å². The third-order valence-corrected chi connectivity index (χ3v) is 5.32. The van der Waals surface area contributed by atoms with Crippen LogP contribution >= 0.6 is 0 Å². The van der Waals surface area contributed by atoms with Gasteiger partial charge in [0.15, 0.2) is 0 Å². The molecule has 0 saturated carbocycles. The van der Waals surface area contributed by atoms with Crippen LogP contribution in [0.5, 0.6) is 0 Å². The second-order valence-electron chi connectivity index (χ2n) is 7.21. The molecule has 0 aliphatic carbocycles. The molecular formula is C19H24N4O2. The normalized spacial score (nSPS) is 21.3. The summed E-state index contributed by atoms with van der Waals surface area (Å²) >= 11 is 0. The third kappa shape index (κ3) is 3.13. The number of carbonyl (C=O) groups is 1. The Labute approximate surface area is 147 Å². The van der Waals surface area contributed by atoms with Gasteiger partial charge in [0.05, 0.1) is 5.69 Å². The van der Waals surface area contributed by atoms with E-state index in [0.717, 1.165) is 29.4 Å². The Hall–Kier alpha value is -2.37. The van der Waals surface area contributed by atoms with E-state index >= 15 is 0 Å². The van der Waals surface area contributed by atoms with E-state index in [2.05, 4.69) is 22.0 Å². The van der Waals surface area contributed by atoms with Crippen LogP contribution in [0.3, 0.4) is 0 Å². The van der Waals surface area contributed by atoms with Crippen LogP contribution in [-0.4, -0.2) is 46.6 Å². The zero-order valence-corrected chi connectivity index (χ0v) is 14.8. The molecule has 2 aliphatic heterocycles. The molecular weight excluding hydrogens is 316 g/mol. The van der Waals surface area contributed by atoms with Crippen molar-refractivity contribution in [2.75, 3.05) is 24.5 Å². The van der Waals surface area contributed by atoms with E-state index in [1.807, 2.05) is 30.0 Å². The van der Waals surface area contributed by atoms with E-state index in [1.165, 1.54) is 19.3 Å². The monoisotopic (exact) mass is 340 g/mol. The quantitative estimate of drug-likeness (QED) is 0.859. The number of nitrogens with zero attached hydrogens (tertiary/aromatic N) is 4. The SMILES string of the molecule is Cc1cc(C2CN(C(=O)c3ccnc(N4CCCCC4C)c3)C2)no1. The molecule has 2 fully saturated rings. The number of carbonyl (C=O) groups excluding carboxylic acids is 1. The van der Waals surface area contributed by atoms with Gasteiger partial charge in [0.25, 0.3) is 5.91 Å². The summed E-state index contributed by atoms with van der Waals surface area (Å²) in [5.74, 6) is 2.09. The van der Waals surface area contributed by atoms with Crippen LogP contribution in [0.4, 0.5) is 5.82 Å². The molecule has 1 unspecified atom stereocenters. The van der Waals surface area contributed by atoms with Crippen molar-refractivity contribution >= 4 is 11.7 Å². The lowest BCUT2D eigenvalue weighted by Gasteiger charge is -2.38. The van der Waals surface area contributed by atoms with Crippen molar-refractivity contribution in [1.29, 1.82) is 0 Å². The molecule has 2 aliphatic rings. The summed E-state index contributed by atoms with van der Waals surface area (Å²) in [6.45, 7) is 6.53. The second-order valence-corrected chi connectivity index (χ2v) is 7.21. The van der Waals surface area contributed by atoms with Crippen molar-refractivity contribution in [3.05, 3.63) is 41.4 Å². The van der Waals surface area contributed by atoms with E-state index in [1.54, 1.807) is 6.20 Å². The lowest BCUT2D eigenvalue weighted by molar-refractivity contribution is 0.0595. The molecule has 6 nitrogen and oxygen atoms in total. The van der Waals surface area contributed by atoms with Crippen molar-refractivity contribution < 1.29 is 9.32 Å². The first kappa shape index (κ1) is 16.1. The van der Waals surface area contributed by atoms with Crippen LogP contribution in [0.15, 0.2) is 28.9 Å². The first-order valence-electron chi connectivity index (χ1n) is 9.07. The summed E-state index contributed by atoms with van der Waals surface area (Å²) < 4.78 is 5.13. The van der Waals surface area contributed by atoms with E-state index in [0.29, 0.717) is 19.1 Å². The largest absolute Gasteiger partial charge is 0.361 e. The summed E-state index contributed by atoms with van der Waals surface area (Å²) in [6.07, 6.45) is 5.40. The number of hydrogen-bond donors (Lipinski definition) is 0. The fraction of sp³-hybridized carbons (Fsp3) is 0.526. The van der Waals surface area contributed by atoms with Crippen LogP contribution in [0.1, 0.15) is 53.9 Å². The molecule has 25 heavy (non-hydrogen) atoms. The van der Waals surface area contributed by atoms with Crippen LogP contribution in [0.2, 0.25) is 0 Å². The van der Waals surface area contributed by atoms with Crippen LogP contribution in [0.25, 0.3) is 0 Å². The number of aryl methyl sites for hydroxylation is 1. The van der Waals surface area contributed by atoms with Gasteiger partial charge in [-0.05, 0) is 45.2 Å². The van der Waals surface area contributed by atoms with Gasteiger partial charge in [0.2, 0.25) is 0 Å². The van der Waals surface area contributed by atoms with Gasteiger partial charge >= 0.3 is 0 Å². The van der Waals surface area contributed by atoms with Gasteiger partial charge in [-0.1, -0.05) is 5.16 Å². The Kier molecular flexibility index (Phi) is 4.19. The van der Waals surface area contributed by atoms with Crippen molar-refractivity contribution in [1.82, 2.24) is 15.0 Å². The highest BCUT2D eigenvalue weighted by Crippen LogP contribution is 2.29. The lowest BCUT2D eigenvalue weighted by Crippen LogP contribution is -2.48. The van der Waals surface area contributed by atoms with Gasteiger partial charge in [-0.2, -0.15) is 0 Å². The summed E-state index contributed by atoms with van der Waals surface area (Å²) in [5, 5.41) is 4.06. The molecule has 0 bridgehead atoms. The summed E-state index contributed by atoms with van der Waals surface area (Å²) in [4.78, 5) is 21.4. The number of pyridine rings is 1. The van der Waals surface area contributed by atoms with Crippen molar-refractivity contribution in [3.8, 4) is 0 Å². The number of piperidine rings is 1. The fourth-order valence-electron chi connectivity index (χ4n) is 3.74. The van der Waals surface area contributed by atoms with Gasteiger partial charge in [-0.3, -0.25) is 4.79 Å². The summed E-state index contributed by atoms with van der Waals surface area (Å²) in [5.41, 5.74) is 1.66. The zero-order chi connectivity index (χ0) is 17.4. The maximum atomic E-state index is 12.8. The standard InChI is InChI=1S/C19H24N4O2/c1-13-5-3-4-8-23(13)18-10-15(6-7-20-18)19(24)22-11-16(12-22)17-9-14(2)25-21-17/h6-7,9-10,13,16H,3-5,8,11-12H2,1-2H3. The molecule has 4 heterocycles. The summed E-state index contributed by atoms with van der Waals surface area (Å²) in [7, 11) is 0. The summed E-state index contributed by atoms with van der Waals surface area (Å²) in [6, 6.07) is 6.19. The number of hydrogen-bond acceptors (Lipinski definition) is 5. The molecule has 0 aromatic carbocycles. The van der Waals surface area contributed by atoms with Gasteiger partial charge in [-0.15, -0.1) is 0 Å². The fourth-order valence-corrected chi connectivity index (χ4v) is 3.74. The molecule has 2 aromatic rings. The molecule has 6 heteroatoms. The van der Waals surface area contributed by atoms with E-state index in [4.69, 9.17) is 4.52 Å². The Balaban J connectivity index is 1.44. The molecule has 2 saturated heterocycles. The predicted molar refractivity (Wildman–Crippen MR) is 94.8 cm³/mol. The average Bonchev–Trinajstić information content (AvgIpc) is 3.00. The Bertz CT molecular complexity index is 766. The molecule has 1 amide bonds. The highest BCUT2D eigenvalue weighted by molar-refractivity contribution is 5.95. The number of anilines is 1. The van der Waals surface area contributed by atoms with Crippen LogP contribution < -0.4 is 4.90 Å². The van der Waals surface area contributed by atoms with Gasteiger partial charge in [-0.25, -0.2) is 4.98 Å². The second kappa shape index (κ2) is 6.50. The first-order valence-corrected chi connectivity index (χ1v) is 9.07. The highest BCUT2D eigenvalue weighted by Gasteiger charge is 2.34. The van der Waals surface area contributed by atoms with Crippen LogP contribution in [-0.2, 0) is 0 Å². The Morgan fingerprint density at radius 3 is 2.84 bits per heavy atom. The van der Waals surface area contributed by atoms with Crippen molar-refractivity contribution in [2.24, 2.45) is 0 Å². The maximum absolute atomic E-state index is 12.8. The molecule has 0 radical (unpaired) electrons. The number of aromatic nitrogens is 2. The van der Waals surface area contributed by atoms with Gasteiger partial charge in [0, 0.05) is 49.4 Å². The Morgan fingerprint density at radius 1 is 1.28 bits per heavy atom. The van der Waals surface area contributed by atoms with E-state index in [9.17, 15) is 4.79 Å². The highest BCUT2D eigenvalue weighted by atomic mass is 16.5. The number of amides is 1. The number of likely N-dealkylation sites (tertiary alicyclic amines) is 1. The molecule has 4 rings (SSSR count). The number of rotatable bonds is 3. The molecule has 132 valence electrons. The minimum Gasteiger partial charge on any atom is -0.361 e. The van der Waals surface area contributed by atoms with Crippen molar-refractivity contribution in [3.63, 3.8) is 0 Å². The van der Waals surface area contributed by atoms with Gasteiger partial charge < -0.3 is 14.3 Å². The zero-order valence-electron chi connectivity index (χ0n) is 14.8. The molecule has 0 N–H and O–H groups in total. The third-order valence-electron chi connectivity index (χ3n) is 5.32. The maximum Gasteiger partial charge on any atom is 0.254 e. The topological polar surface area (TPSA) is 62.5 Å². The molecule has 0 spiro atoms. The molecule has 1 atom stereocenters. The average molecular weight is 340 g/mol. The minimum atomic E-state index is 0.0739.